The molecule has 0 aromatic rings. The van der Waals surface area contributed by atoms with E-state index in [1.54, 1.807) is 0 Å². The maximum Gasteiger partial charge on any atom is 5.00 e. The second-order valence-corrected chi connectivity index (χ2v) is 0. The molecule has 0 rings (SSSR count). The van der Waals surface area contributed by atoms with E-state index in [4.69, 9.17) is 0 Å². The van der Waals surface area contributed by atoms with Crippen LogP contribution in [0.3, 0.4) is 0 Å². The van der Waals surface area contributed by atoms with Gasteiger partial charge in [0.1, 0.15) is 0 Å². The van der Waals surface area contributed by atoms with Crippen LogP contribution in [-0.2, 0) is 22.4 Å². The first-order valence-corrected chi connectivity index (χ1v) is 0. The maximum absolute atomic E-state index is 0. The molecule has 0 nitrogen and oxygen atoms in total. The average molecular weight is 315 g/mol. The SMILES string of the molecule is [F-].[F-].[F-].[F-].[F-].[K+].[Ta+5]. The van der Waals surface area contributed by atoms with Crippen molar-refractivity contribution >= 4 is 0 Å². The van der Waals surface area contributed by atoms with Crippen molar-refractivity contribution in [3.8, 4) is 0 Å². The molecule has 0 spiro atoms. The summed E-state index contributed by atoms with van der Waals surface area (Å²) < 4.78 is 0. The number of rotatable bonds is 0. The zero-order chi connectivity index (χ0) is 0. The molecule has 0 aliphatic heterocycles. The van der Waals surface area contributed by atoms with Gasteiger partial charge in [-0.05, 0) is 0 Å². The molecule has 7 heteroatoms. The molecule has 0 N–H and O–H groups in total. The summed E-state index contributed by atoms with van der Waals surface area (Å²) in [5.41, 5.74) is 0. The van der Waals surface area contributed by atoms with Gasteiger partial charge in [0.2, 0.25) is 0 Å². The first kappa shape index (κ1) is 142. The summed E-state index contributed by atoms with van der Waals surface area (Å²) in [5.74, 6) is 0. The Bertz CT molecular complexity index is 8.04. The molecule has 0 aromatic carbocycles. The number of hydrogen-bond donors (Lipinski definition) is 0. The minimum absolute atomic E-state index is 0. The molecule has 0 unspecified atom stereocenters. The van der Waals surface area contributed by atoms with Crippen LogP contribution in [0.25, 0.3) is 0 Å². The van der Waals surface area contributed by atoms with E-state index in [1.165, 1.54) is 0 Å². The van der Waals surface area contributed by atoms with Crippen molar-refractivity contribution in [2.24, 2.45) is 0 Å². The third-order valence-corrected chi connectivity index (χ3v) is 0. The molecule has 7 heavy (non-hydrogen) atoms. The molecule has 0 fully saturated rings. The van der Waals surface area contributed by atoms with Crippen LogP contribution in [0.2, 0.25) is 0 Å². The Hall–Kier alpha value is 2.03. The summed E-state index contributed by atoms with van der Waals surface area (Å²) in [6, 6.07) is 0. The predicted molar refractivity (Wildman–Crippen MR) is 0 cm³/mol. The largest absolute Gasteiger partial charge is 5.00 e. The van der Waals surface area contributed by atoms with Crippen LogP contribution < -0.4 is 74.9 Å². The fourth-order valence-corrected chi connectivity index (χ4v) is 0. The Morgan fingerprint density at radius 3 is 0.429 bits per heavy atom. The maximum atomic E-state index is 0. The predicted octanol–water partition coefficient (Wildman–Crippen LogP) is -18.0. The standard InChI is InChI=1S/5FH.K.Ta/h5*1H;;/q;;;;;+1;+5/p-5. The molecular weight excluding hydrogens is 315 g/mol. The van der Waals surface area contributed by atoms with E-state index < -0.39 is 0 Å². The zero-order valence-corrected chi connectivity index (χ0v) is 9.67. The van der Waals surface area contributed by atoms with E-state index >= 15 is 0 Å². The molecule has 40 valence electrons. The Labute approximate surface area is 95.6 Å². The third kappa shape index (κ3) is 71.0. The van der Waals surface area contributed by atoms with Crippen LogP contribution in [0.4, 0.5) is 0 Å². The zero-order valence-electron chi connectivity index (χ0n) is 3.34. The number of hydrogen-bond acceptors (Lipinski definition) is 0. The molecule has 0 aliphatic carbocycles. The molecular formula is F5KTa+. The second kappa shape index (κ2) is 96.5. The van der Waals surface area contributed by atoms with Crippen molar-refractivity contribution in [3.63, 3.8) is 0 Å². The van der Waals surface area contributed by atoms with Gasteiger partial charge in [0.05, 0.1) is 0 Å². The van der Waals surface area contributed by atoms with E-state index in [-0.39, 0.29) is 97.3 Å². The van der Waals surface area contributed by atoms with Gasteiger partial charge in [0.15, 0.2) is 0 Å². The van der Waals surface area contributed by atoms with Gasteiger partial charge in [0.25, 0.3) is 0 Å². The fourth-order valence-electron chi connectivity index (χ4n) is 0. The van der Waals surface area contributed by atoms with E-state index in [2.05, 4.69) is 0 Å². The van der Waals surface area contributed by atoms with Crippen molar-refractivity contribution in [1.82, 2.24) is 0 Å². The van der Waals surface area contributed by atoms with Crippen molar-refractivity contribution in [2.45, 2.75) is 0 Å². The van der Waals surface area contributed by atoms with Crippen molar-refractivity contribution in [1.29, 1.82) is 0 Å². The Kier molecular flexibility index (Phi) is 1950. The number of halogens is 5. The first-order chi connectivity index (χ1) is 0. The first-order valence-electron chi connectivity index (χ1n) is 0. The van der Waals surface area contributed by atoms with Gasteiger partial charge in [-0.15, -0.1) is 0 Å². The van der Waals surface area contributed by atoms with Gasteiger partial charge in [-0.1, -0.05) is 0 Å². The molecule has 0 amide bonds. The summed E-state index contributed by atoms with van der Waals surface area (Å²) in [6.45, 7) is 0. The Balaban J connectivity index is 0. The topological polar surface area (TPSA) is 0 Å². The van der Waals surface area contributed by atoms with Crippen LogP contribution in [-0.4, -0.2) is 0 Å². The summed E-state index contributed by atoms with van der Waals surface area (Å²) in [4.78, 5) is 0. The van der Waals surface area contributed by atoms with Gasteiger partial charge in [0, 0.05) is 0 Å². The van der Waals surface area contributed by atoms with Crippen molar-refractivity contribution < 1.29 is 97.3 Å². The molecule has 0 atom stereocenters. The van der Waals surface area contributed by atoms with Crippen LogP contribution in [0.15, 0.2) is 0 Å². The Morgan fingerprint density at radius 1 is 0.429 bits per heavy atom. The monoisotopic (exact) mass is 315 g/mol. The molecule has 0 aromatic heterocycles. The van der Waals surface area contributed by atoms with Crippen LogP contribution in [0.5, 0.6) is 0 Å². The molecule has 0 heterocycles. The quantitative estimate of drug-likeness (QED) is 0.308. The van der Waals surface area contributed by atoms with Crippen molar-refractivity contribution in [2.75, 3.05) is 0 Å². The fraction of sp³-hybridized carbons (Fsp3) is 0. The van der Waals surface area contributed by atoms with E-state index in [0.29, 0.717) is 0 Å². The van der Waals surface area contributed by atoms with Gasteiger partial charge in [-0.3, -0.25) is 0 Å². The van der Waals surface area contributed by atoms with Crippen LogP contribution in [0, 0.1) is 0 Å². The normalized spacial score (nSPS) is 0. The van der Waals surface area contributed by atoms with Crippen molar-refractivity contribution in [3.05, 3.63) is 0 Å². The minimum atomic E-state index is 0. The van der Waals surface area contributed by atoms with Gasteiger partial charge in [-0.25, -0.2) is 0 Å². The summed E-state index contributed by atoms with van der Waals surface area (Å²) in [7, 11) is 0. The van der Waals surface area contributed by atoms with Gasteiger partial charge < -0.3 is 23.5 Å². The van der Waals surface area contributed by atoms with Gasteiger partial charge in [-0.2, -0.15) is 0 Å². The van der Waals surface area contributed by atoms with E-state index in [1.807, 2.05) is 0 Å². The smallest absolute Gasteiger partial charge is 1.00 e. The minimum Gasteiger partial charge on any atom is -1.00 e. The molecule has 0 bridgehead atoms. The second-order valence-electron chi connectivity index (χ2n) is 0. The summed E-state index contributed by atoms with van der Waals surface area (Å²) in [5, 5.41) is 0. The van der Waals surface area contributed by atoms with Gasteiger partial charge >= 0.3 is 73.8 Å². The molecule has 0 saturated heterocycles. The summed E-state index contributed by atoms with van der Waals surface area (Å²) in [6.07, 6.45) is 0. The third-order valence-electron chi connectivity index (χ3n) is 0. The summed E-state index contributed by atoms with van der Waals surface area (Å²) >= 11 is 0. The van der Waals surface area contributed by atoms with Crippen LogP contribution >= 0.6 is 0 Å². The van der Waals surface area contributed by atoms with Crippen LogP contribution in [0.1, 0.15) is 0 Å². The Morgan fingerprint density at radius 2 is 0.429 bits per heavy atom. The van der Waals surface area contributed by atoms with E-state index in [0.717, 1.165) is 0 Å². The molecule has 0 radical (unpaired) electrons. The average Bonchev–Trinajstić information content (AvgIpc) is 0. The molecule has 0 saturated carbocycles. The van der Waals surface area contributed by atoms with E-state index in [9.17, 15) is 0 Å². The molecule has 0 aliphatic rings.